The third kappa shape index (κ3) is 2.14. The Bertz CT molecular complexity index is 479. The molecule has 1 N–H and O–H groups in total. The Kier molecular flexibility index (Phi) is 3.66. The molecule has 1 atom stereocenters. The molecule has 0 radical (unpaired) electrons. The molecule has 1 saturated heterocycles. The van der Waals surface area contributed by atoms with Gasteiger partial charge in [-0.1, -0.05) is 13.0 Å². The van der Waals surface area contributed by atoms with Gasteiger partial charge in [-0.05, 0) is 6.07 Å². The Morgan fingerprint density at radius 1 is 1.37 bits per heavy atom. The van der Waals surface area contributed by atoms with Crippen molar-refractivity contribution in [1.82, 2.24) is 0 Å². The fraction of sp³-hybridized carbons (Fsp3) is 0.500. The van der Waals surface area contributed by atoms with E-state index in [9.17, 15) is 9.90 Å². The highest BCUT2D eigenvalue weighted by Crippen LogP contribution is 2.44. The fourth-order valence-corrected chi connectivity index (χ4v) is 2.41. The number of carboxylic acids is 1. The lowest BCUT2D eigenvalue weighted by Gasteiger charge is -2.45. The minimum absolute atomic E-state index is 0.392. The predicted octanol–water partition coefficient (Wildman–Crippen LogP) is 1.69. The Hall–Kier alpha value is -1.75. The monoisotopic (exact) mass is 266 g/mol. The molecule has 104 valence electrons. The van der Waals surface area contributed by atoms with Gasteiger partial charge in [0.05, 0.1) is 38.8 Å². The second-order valence-corrected chi connectivity index (χ2v) is 4.78. The van der Waals surface area contributed by atoms with E-state index in [2.05, 4.69) is 0 Å². The quantitative estimate of drug-likeness (QED) is 0.878. The van der Waals surface area contributed by atoms with Gasteiger partial charge in [0.2, 0.25) is 0 Å². The molecule has 1 aromatic rings. The van der Waals surface area contributed by atoms with Crippen LogP contribution >= 0.6 is 0 Å². The van der Waals surface area contributed by atoms with E-state index in [-0.39, 0.29) is 0 Å². The topological polar surface area (TPSA) is 65.0 Å². The van der Waals surface area contributed by atoms with Crippen LogP contribution in [-0.2, 0) is 14.9 Å². The van der Waals surface area contributed by atoms with E-state index >= 15 is 0 Å². The summed E-state index contributed by atoms with van der Waals surface area (Å²) in [6.07, 6.45) is 0. The van der Waals surface area contributed by atoms with Gasteiger partial charge in [-0.15, -0.1) is 0 Å². The van der Waals surface area contributed by atoms with Gasteiger partial charge in [0.1, 0.15) is 11.5 Å². The van der Waals surface area contributed by atoms with E-state index in [1.54, 1.807) is 27.2 Å². The second kappa shape index (κ2) is 5.09. The molecule has 0 amide bonds. The molecule has 1 unspecified atom stereocenters. The molecule has 1 aliphatic heterocycles. The van der Waals surface area contributed by atoms with E-state index in [1.165, 1.54) is 0 Å². The molecule has 1 heterocycles. The summed E-state index contributed by atoms with van der Waals surface area (Å²) >= 11 is 0. The molecule has 0 spiro atoms. The molecule has 1 aromatic carbocycles. The highest BCUT2D eigenvalue weighted by Gasteiger charge is 2.49. The first kappa shape index (κ1) is 13.7. The van der Waals surface area contributed by atoms with Crippen LogP contribution in [0.1, 0.15) is 12.5 Å². The molecule has 5 nitrogen and oxygen atoms in total. The van der Waals surface area contributed by atoms with Crippen LogP contribution in [0.3, 0.4) is 0 Å². The zero-order valence-electron chi connectivity index (χ0n) is 11.3. The van der Waals surface area contributed by atoms with Crippen LogP contribution < -0.4 is 9.47 Å². The lowest BCUT2D eigenvalue weighted by molar-refractivity contribution is -0.155. The highest BCUT2D eigenvalue weighted by molar-refractivity contribution is 5.73. The Labute approximate surface area is 112 Å². The largest absolute Gasteiger partial charge is 0.497 e. The first-order valence-corrected chi connectivity index (χ1v) is 6.08. The lowest BCUT2D eigenvalue weighted by Crippen LogP contribution is -2.54. The van der Waals surface area contributed by atoms with E-state index in [4.69, 9.17) is 14.2 Å². The standard InChI is InChI=1S/C14H18O5/c1-9(13(15)16)14(7-19-8-14)11-5-4-10(17-2)6-12(11)18-3/h4-6,9H,7-8H2,1-3H3,(H,15,16). The van der Waals surface area contributed by atoms with Crippen LogP contribution in [0.25, 0.3) is 0 Å². The normalized spacial score (nSPS) is 18.3. The Morgan fingerprint density at radius 3 is 2.47 bits per heavy atom. The summed E-state index contributed by atoms with van der Waals surface area (Å²) in [5.74, 6) is -0.0561. The number of hydrogen-bond donors (Lipinski definition) is 1. The number of rotatable bonds is 5. The average molecular weight is 266 g/mol. The van der Waals surface area contributed by atoms with E-state index in [0.29, 0.717) is 24.7 Å². The van der Waals surface area contributed by atoms with Crippen molar-refractivity contribution in [2.75, 3.05) is 27.4 Å². The van der Waals surface area contributed by atoms with Crippen molar-refractivity contribution in [3.05, 3.63) is 23.8 Å². The first-order valence-electron chi connectivity index (χ1n) is 6.08. The molecule has 0 aliphatic carbocycles. The van der Waals surface area contributed by atoms with Crippen molar-refractivity contribution in [3.63, 3.8) is 0 Å². The molecular formula is C14H18O5. The zero-order valence-corrected chi connectivity index (χ0v) is 11.3. The van der Waals surface area contributed by atoms with Crippen LogP contribution in [0, 0.1) is 5.92 Å². The van der Waals surface area contributed by atoms with Crippen molar-refractivity contribution in [1.29, 1.82) is 0 Å². The molecule has 0 bridgehead atoms. The number of hydrogen-bond acceptors (Lipinski definition) is 4. The van der Waals surface area contributed by atoms with Crippen molar-refractivity contribution in [2.45, 2.75) is 12.3 Å². The van der Waals surface area contributed by atoms with E-state index in [0.717, 1.165) is 5.56 Å². The van der Waals surface area contributed by atoms with E-state index in [1.807, 2.05) is 12.1 Å². The summed E-state index contributed by atoms with van der Waals surface area (Å²) in [5, 5.41) is 9.29. The van der Waals surface area contributed by atoms with Crippen LogP contribution in [0.4, 0.5) is 0 Å². The molecule has 0 aromatic heterocycles. The molecule has 19 heavy (non-hydrogen) atoms. The van der Waals surface area contributed by atoms with Crippen molar-refractivity contribution >= 4 is 5.97 Å². The van der Waals surface area contributed by atoms with Crippen molar-refractivity contribution in [2.24, 2.45) is 5.92 Å². The summed E-state index contributed by atoms with van der Waals surface area (Å²) in [5.41, 5.74) is 0.334. The van der Waals surface area contributed by atoms with Crippen molar-refractivity contribution in [3.8, 4) is 11.5 Å². The van der Waals surface area contributed by atoms with Gasteiger partial charge in [-0.3, -0.25) is 4.79 Å². The van der Waals surface area contributed by atoms with E-state index < -0.39 is 17.3 Å². The van der Waals surface area contributed by atoms with Gasteiger partial charge in [0.15, 0.2) is 0 Å². The third-order valence-corrected chi connectivity index (χ3v) is 3.86. The summed E-state index contributed by atoms with van der Waals surface area (Å²) in [6.45, 7) is 2.49. The number of carboxylic acid groups (broad SMARTS) is 1. The van der Waals surface area contributed by atoms with Crippen LogP contribution in [0.2, 0.25) is 0 Å². The summed E-state index contributed by atoms with van der Waals surface area (Å²) in [4.78, 5) is 11.3. The number of ether oxygens (including phenoxy) is 3. The van der Waals surface area contributed by atoms with Gasteiger partial charge in [-0.2, -0.15) is 0 Å². The molecule has 0 saturated carbocycles. The maximum absolute atomic E-state index is 11.3. The van der Waals surface area contributed by atoms with Crippen molar-refractivity contribution < 1.29 is 24.1 Å². The van der Waals surface area contributed by atoms with Gasteiger partial charge in [0, 0.05) is 11.6 Å². The minimum Gasteiger partial charge on any atom is -0.497 e. The Balaban J connectivity index is 2.46. The maximum atomic E-state index is 11.3. The second-order valence-electron chi connectivity index (χ2n) is 4.78. The molecule has 1 fully saturated rings. The summed E-state index contributed by atoms with van der Waals surface area (Å²) in [6, 6.07) is 5.44. The number of aliphatic carboxylic acids is 1. The Morgan fingerprint density at radius 2 is 2.05 bits per heavy atom. The number of benzene rings is 1. The molecule has 1 aliphatic rings. The first-order chi connectivity index (χ1) is 9.05. The highest BCUT2D eigenvalue weighted by atomic mass is 16.5. The van der Waals surface area contributed by atoms with Crippen LogP contribution in [0.15, 0.2) is 18.2 Å². The number of carbonyl (C=O) groups is 1. The predicted molar refractivity (Wildman–Crippen MR) is 68.8 cm³/mol. The molecule has 2 rings (SSSR count). The zero-order chi connectivity index (χ0) is 14.0. The maximum Gasteiger partial charge on any atom is 0.307 e. The fourth-order valence-electron chi connectivity index (χ4n) is 2.41. The van der Waals surface area contributed by atoms with Crippen LogP contribution in [0.5, 0.6) is 11.5 Å². The van der Waals surface area contributed by atoms with Gasteiger partial charge >= 0.3 is 5.97 Å². The van der Waals surface area contributed by atoms with Crippen LogP contribution in [-0.4, -0.2) is 38.5 Å². The van der Waals surface area contributed by atoms with Gasteiger partial charge < -0.3 is 19.3 Å². The molecule has 5 heteroatoms. The summed E-state index contributed by atoms with van der Waals surface area (Å²) in [7, 11) is 3.15. The smallest absolute Gasteiger partial charge is 0.307 e. The lowest BCUT2D eigenvalue weighted by atomic mass is 9.69. The number of methoxy groups -OCH3 is 2. The average Bonchev–Trinajstić information content (AvgIpc) is 2.37. The van der Waals surface area contributed by atoms with Gasteiger partial charge in [-0.25, -0.2) is 0 Å². The third-order valence-electron chi connectivity index (χ3n) is 3.86. The minimum atomic E-state index is -0.832. The van der Waals surface area contributed by atoms with Gasteiger partial charge in [0.25, 0.3) is 0 Å². The summed E-state index contributed by atoms with van der Waals surface area (Å²) < 4.78 is 15.8. The molecular weight excluding hydrogens is 248 g/mol. The SMILES string of the molecule is COc1ccc(C2(C(C)C(=O)O)COC2)c(OC)c1.